The van der Waals surface area contributed by atoms with Crippen LogP contribution in [0, 0.1) is 0 Å². The Kier molecular flexibility index (Phi) is 12.3. The van der Waals surface area contributed by atoms with Crippen molar-refractivity contribution in [2.75, 3.05) is 13.1 Å². The van der Waals surface area contributed by atoms with Gasteiger partial charge in [0.2, 0.25) is 5.91 Å². The highest BCUT2D eigenvalue weighted by Crippen LogP contribution is 1.79. The van der Waals surface area contributed by atoms with Gasteiger partial charge in [0.15, 0.2) is 0 Å². The molecule has 0 saturated heterocycles. The lowest BCUT2D eigenvalue weighted by molar-refractivity contribution is -0.120. The summed E-state index contributed by atoms with van der Waals surface area (Å²) in [7, 11) is 0. The average molecular weight is 220 g/mol. The van der Waals surface area contributed by atoms with E-state index in [1.807, 2.05) is 27.7 Å². The first kappa shape index (κ1) is 16.5. The summed E-state index contributed by atoms with van der Waals surface area (Å²) >= 11 is 0. The maximum Gasteiger partial charge on any atom is 0.233 e. The van der Waals surface area contributed by atoms with Crippen molar-refractivity contribution >= 4 is 11.7 Å². The van der Waals surface area contributed by atoms with Crippen LogP contribution >= 0.6 is 0 Å². The Morgan fingerprint density at radius 2 is 1.80 bits per heavy atom. The van der Waals surface area contributed by atoms with Crippen molar-refractivity contribution in [1.29, 1.82) is 0 Å². The first-order valence-corrected chi connectivity index (χ1v) is 5.52. The molecule has 0 aromatic heterocycles. The number of rotatable bonds is 6. The largest absolute Gasteiger partial charge is 0.355 e. The zero-order chi connectivity index (χ0) is 12.3. The lowest BCUT2D eigenvalue weighted by Gasteiger charge is -2.07. The number of carbonyl (C=O) groups is 2. The van der Waals surface area contributed by atoms with Crippen LogP contribution in [0.25, 0.3) is 0 Å². The van der Waals surface area contributed by atoms with Gasteiger partial charge in [0.05, 0.1) is 6.54 Å². The van der Waals surface area contributed by atoms with E-state index in [2.05, 4.69) is 10.6 Å². The van der Waals surface area contributed by atoms with Gasteiger partial charge in [-0.3, -0.25) is 9.59 Å². The third-order valence-electron chi connectivity index (χ3n) is 1.47. The van der Waals surface area contributed by atoms with Crippen LogP contribution in [-0.4, -0.2) is 30.8 Å². The minimum atomic E-state index is -0.0602. The van der Waals surface area contributed by atoms with Crippen molar-refractivity contribution in [3.05, 3.63) is 0 Å². The van der Waals surface area contributed by atoms with E-state index >= 15 is 0 Å². The fourth-order valence-electron chi connectivity index (χ4n) is 0.737. The molecule has 0 fully saturated rings. The van der Waals surface area contributed by atoms with Gasteiger partial charge < -0.3 is 10.6 Å². The molecule has 15 heavy (non-hydrogen) atoms. The van der Waals surface area contributed by atoms with Crippen LogP contribution < -0.4 is 10.6 Å². The molecule has 4 heteroatoms. The van der Waals surface area contributed by atoms with E-state index < -0.39 is 0 Å². The molecule has 0 aromatic carbocycles. The molecule has 0 spiro atoms. The summed E-state index contributed by atoms with van der Waals surface area (Å²) in [5.74, 6) is 0.0343. The monoisotopic (exact) mass is 220 g/mol. The second kappa shape index (κ2) is 11.2. The minimum Gasteiger partial charge on any atom is -0.355 e. The van der Waals surface area contributed by atoms with Crippen LogP contribution in [0.1, 0.15) is 43.9 Å². The Morgan fingerprint density at radius 3 is 2.20 bits per heavy atom. The molecule has 2 N–H and O–H groups in total. The van der Waals surface area contributed by atoms with Gasteiger partial charge >= 0.3 is 0 Å². The SMILES string of the molecule is CC.CC(=O)CCNC(=O)CNC(C)C.[HH].[HH]. The number of Topliss-reactive ketones (excluding diaryl/α,β-unsaturated/α-hetero) is 1. The standard InChI is InChI=1S/C9H18N2O2.C2H6.2H2/c1-7(2)11-6-9(13)10-5-4-8(3)12;1-2;;/h7,11H,4-6H2,1-3H3,(H,10,13);1-2H3;2*1H. The summed E-state index contributed by atoms with van der Waals surface area (Å²) < 4.78 is 0. The minimum absolute atomic E-state index is 0. The number of hydrogen-bond donors (Lipinski definition) is 2. The van der Waals surface area contributed by atoms with Crippen LogP contribution in [0.4, 0.5) is 0 Å². The molecular weight excluding hydrogens is 192 g/mol. The van der Waals surface area contributed by atoms with E-state index in [0.717, 1.165) is 0 Å². The molecule has 0 saturated carbocycles. The molecule has 0 rings (SSSR count). The van der Waals surface area contributed by atoms with Gasteiger partial charge in [-0.1, -0.05) is 27.7 Å². The molecule has 94 valence electrons. The smallest absolute Gasteiger partial charge is 0.233 e. The summed E-state index contributed by atoms with van der Waals surface area (Å²) in [6, 6.07) is 0.304. The first-order valence-electron chi connectivity index (χ1n) is 5.52. The molecule has 0 aromatic rings. The molecule has 0 radical (unpaired) electrons. The van der Waals surface area contributed by atoms with E-state index in [4.69, 9.17) is 0 Å². The van der Waals surface area contributed by atoms with Crippen molar-refractivity contribution in [2.45, 2.75) is 47.1 Å². The molecule has 0 atom stereocenters. The lowest BCUT2D eigenvalue weighted by atomic mass is 10.3. The van der Waals surface area contributed by atoms with Crippen LogP contribution in [0.5, 0.6) is 0 Å². The molecule has 0 heterocycles. The van der Waals surface area contributed by atoms with E-state index in [1.165, 1.54) is 6.92 Å². The molecular formula is C11H28N2O2. The molecule has 0 unspecified atom stereocenters. The Balaban J connectivity index is -0.000000199. The quantitative estimate of drug-likeness (QED) is 0.715. The molecule has 0 aliphatic heterocycles. The predicted molar refractivity (Wildman–Crippen MR) is 67.0 cm³/mol. The number of hydrogen-bond acceptors (Lipinski definition) is 3. The van der Waals surface area contributed by atoms with Crippen LogP contribution in [0.15, 0.2) is 0 Å². The van der Waals surface area contributed by atoms with E-state index in [0.29, 0.717) is 25.6 Å². The Bertz CT molecular complexity index is 188. The third kappa shape index (κ3) is 15.8. The van der Waals surface area contributed by atoms with Gasteiger partial charge in [-0.25, -0.2) is 0 Å². The molecule has 0 aliphatic rings. The highest BCUT2D eigenvalue weighted by atomic mass is 16.2. The van der Waals surface area contributed by atoms with Gasteiger partial charge in [-0.15, -0.1) is 0 Å². The van der Waals surface area contributed by atoms with Gasteiger partial charge in [0.1, 0.15) is 5.78 Å². The second-order valence-electron chi connectivity index (χ2n) is 3.34. The van der Waals surface area contributed by atoms with E-state index in [9.17, 15) is 9.59 Å². The van der Waals surface area contributed by atoms with E-state index in [1.54, 1.807) is 0 Å². The summed E-state index contributed by atoms with van der Waals surface area (Å²) in [6.45, 7) is 10.2. The first-order chi connectivity index (χ1) is 7.02. The van der Waals surface area contributed by atoms with Crippen LogP contribution in [0.2, 0.25) is 0 Å². The number of nitrogens with one attached hydrogen (secondary N) is 2. The summed E-state index contributed by atoms with van der Waals surface area (Å²) in [6.07, 6.45) is 0.410. The molecule has 1 amide bonds. The highest BCUT2D eigenvalue weighted by Gasteiger charge is 2.01. The van der Waals surface area contributed by atoms with Crippen molar-refractivity contribution in [1.82, 2.24) is 10.6 Å². The molecule has 0 aliphatic carbocycles. The number of amides is 1. The Morgan fingerprint density at radius 1 is 1.27 bits per heavy atom. The highest BCUT2D eigenvalue weighted by molar-refractivity contribution is 5.79. The van der Waals surface area contributed by atoms with E-state index in [-0.39, 0.29) is 14.5 Å². The van der Waals surface area contributed by atoms with Crippen molar-refractivity contribution in [2.24, 2.45) is 0 Å². The summed E-state index contributed by atoms with van der Waals surface area (Å²) in [5, 5.41) is 5.63. The van der Waals surface area contributed by atoms with Crippen molar-refractivity contribution in [3.8, 4) is 0 Å². The fourth-order valence-corrected chi connectivity index (χ4v) is 0.737. The van der Waals surface area contributed by atoms with Gasteiger partial charge in [-0.05, 0) is 6.92 Å². The maximum absolute atomic E-state index is 11.0. The predicted octanol–water partition coefficient (Wildman–Crippen LogP) is 1.60. The normalized spacial score (nSPS) is 9.20. The second-order valence-corrected chi connectivity index (χ2v) is 3.34. The van der Waals surface area contributed by atoms with Crippen molar-refractivity contribution < 1.29 is 12.4 Å². The fraction of sp³-hybridized carbons (Fsp3) is 0.818. The topological polar surface area (TPSA) is 58.2 Å². The van der Waals surface area contributed by atoms with Crippen LogP contribution in [0.3, 0.4) is 0 Å². The van der Waals surface area contributed by atoms with Gasteiger partial charge in [-0.2, -0.15) is 0 Å². The van der Waals surface area contributed by atoms with Crippen molar-refractivity contribution in [3.63, 3.8) is 0 Å². The third-order valence-corrected chi connectivity index (χ3v) is 1.47. The maximum atomic E-state index is 11.0. The Labute approximate surface area is 95.8 Å². The van der Waals surface area contributed by atoms with Gasteiger partial charge in [0, 0.05) is 21.9 Å². The Hall–Kier alpha value is -0.900. The number of ketones is 1. The average Bonchev–Trinajstić information content (AvgIpc) is 2.17. The summed E-state index contributed by atoms with van der Waals surface area (Å²) in [5.41, 5.74) is 0. The summed E-state index contributed by atoms with van der Waals surface area (Å²) in [4.78, 5) is 21.6. The molecule has 0 bridgehead atoms. The zero-order valence-electron chi connectivity index (χ0n) is 10.5. The van der Waals surface area contributed by atoms with Crippen LogP contribution in [-0.2, 0) is 9.59 Å². The molecule has 4 nitrogen and oxygen atoms in total. The lowest BCUT2D eigenvalue weighted by Crippen LogP contribution is -2.37. The zero-order valence-corrected chi connectivity index (χ0v) is 10.5. The number of carbonyl (C=O) groups excluding carboxylic acids is 2. The van der Waals surface area contributed by atoms with Gasteiger partial charge in [0.25, 0.3) is 0 Å².